The molecule has 2 fully saturated rings. The number of rotatable bonds is 6. The molecule has 1 N–H and O–H groups in total. The molecule has 1 aromatic carbocycles. The third-order valence-corrected chi connectivity index (χ3v) is 6.64. The maximum Gasteiger partial charge on any atom is 0.573 e. The highest BCUT2D eigenvalue weighted by Crippen LogP contribution is 2.41. The van der Waals surface area contributed by atoms with Gasteiger partial charge in [-0.1, -0.05) is 38.3 Å². The van der Waals surface area contributed by atoms with Gasteiger partial charge < -0.3 is 14.7 Å². The zero-order valence-electron chi connectivity index (χ0n) is 17.4. The fourth-order valence-electron chi connectivity index (χ4n) is 4.90. The second-order valence-corrected chi connectivity index (χ2v) is 8.64. The Morgan fingerprint density at radius 3 is 2.59 bits per heavy atom. The molecule has 3 rings (SSSR count). The number of ether oxygens (including phenoxy) is 1. The van der Waals surface area contributed by atoms with Crippen LogP contribution in [0.4, 0.5) is 13.2 Å². The second kappa shape index (κ2) is 9.23. The molecule has 0 aromatic heterocycles. The molecule has 1 saturated heterocycles. The molecule has 1 aromatic rings. The zero-order chi connectivity index (χ0) is 21.1. The van der Waals surface area contributed by atoms with Crippen molar-refractivity contribution in [2.75, 3.05) is 33.2 Å². The van der Waals surface area contributed by atoms with E-state index in [1.807, 2.05) is 6.07 Å². The van der Waals surface area contributed by atoms with E-state index < -0.39 is 12.0 Å². The van der Waals surface area contributed by atoms with Crippen molar-refractivity contribution < 1.29 is 23.0 Å². The summed E-state index contributed by atoms with van der Waals surface area (Å²) in [7, 11) is 2.13. The first-order valence-electron chi connectivity index (χ1n) is 10.7. The van der Waals surface area contributed by atoms with E-state index in [-0.39, 0.29) is 11.7 Å². The standard InChI is InChI=1S/C22H33F3N2O2/c1-3-18-15-27(13-12-26(18)2)16-20(21(28)10-5-4-6-11-21)17-8-7-9-19(14-17)29-22(23,24)25/h7-9,14,18,20,28H,3-6,10-13,15-16H2,1-2H3/t18-,20?/m1/s1. The van der Waals surface area contributed by atoms with Crippen LogP contribution < -0.4 is 4.74 Å². The van der Waals surface area contributed by atoms with Gasteiger partial charge in [0.05, 0.1) is 5.60 Å². The van der Waals surface area contributed by atoms with Crippen LogP contribution in [0, 0.1) is 0 Å². The highest BCUT2D eigenvalue weighted by molar-refractivity contribution is 5.33. The van der Waals surface area contributed by atoms with Gasteiger partial charge in [-0.2, -0.15) is 0 Å². The average molecular weight is 415 g/mol. The van der Waals surface area contributed by atoms with Crippen LogP contribution in [-0.4, -0.2) is 66.1 Å². The van der Waals surface area contributed by atoms with Gasteiger partial charge in [0.15, 0.2) is 0 Å². The Morgan fingerprint density at radius 2 is 1.93 bits per heavy atom. The van der Waals surface area contributed by atoms with Gasteiger partial charge in [-0.3, -0.25) is 4.90 Å². The van der Waals surface area contributed by atoms with E-state index in [0.717, 1.165) is 50.9 Å². The molecule has 4 nitrogen and oxygen atoms in total. The summed E-state index contributed by atoms with van der Waals surface area (Å²) in [6.45, 7) is 5.60. The summed E-state index contributed by atoms with van der Waals surface area (Å²) in [4.78, 5) is 4.72. The van der Waals surface area contributed by atoms with Gasteiger partial charge in [0.2, 0.25) is 0 Å². The molecule has 7 heteroatoms. The molecule has 0 spiro atoms. The molecule has 0 amide bonds. The van der Waals surface area contributed by atoms with E-state index >= 15 is 0 Å². The van der Waals surface area contributed by atoms with E-state index in [4.69, 9.17) is 0 Å². The number of likely N-dealkylation sites (N-methyl/N-ethyl adjacent to an activating group) is 1. The van der Waals surface area contributed by atoms with Crippen molar-refractivity contribution in [3.8, 4) is 5.75 Å². The quantitative estimate of drug-likeness (QED) is 0.749. The number of alkyl halides is 3. The highest BCUT2D eigenvalue weighted by atomic mass is 19.4. The molecule has 1 unspecified atom stereocenters. The molecule has 1 aliphatic carbocycles. The van der Waals surface area contributed by atoms with E-state index in [1.54, 1.807) is 6.07 Å². The molecule has 2 aliphatic rings. The minimum atomic E-state index is -4.72. The predicted molar refractivity (Wildman–Crippen MR) is 107 cm³/mol. The lowest BCUT2D eigenvalue weighted by Crippen LogP contribution is -2.54. The number of hydrogen-bond acceptors (Lipinski definition) is 4. The Kier molecular flexibility index (Phi) is 7.12. The second-order valence-electron chi connectivity index (χ2n) is 8.64. The molecular formula is C22H33F3N2O2. The maximum absolute atomic E-state index is 12.7. The first-order valence-corrected chi connectivity index (χ1v) is 10.7. The Balaban J connectivity index is 1.85. The summed E-state index contributed by atoms with van der Waals surface area (Å²) in [6.07, 6.45) is 0.704. The van der Waals surface area contributed by atoms with Crippen LogP contribution in [0.1, 0.15) is 56.9 Å². The van der Waals surface area contributed by atoms with E-state index in [1.165, 1.54) is 12.1 Å². The Bertz CT molecular complexity index is 662. The summed E-state index contributed by atoms with van der Waals surface area (Å²) in [6, 6.07) is 6.66. The molecule has 0 radical (unpaired) electrons. The minimum absolute atomic E-state index is 0.218. The van der Waals surface area contributed by atoms with Crippen LogP contribution in [0.5, 0.6) is 5.75 Å². The van der Waals surface area contributed by atoms with Gasteiger partial charge in [-0.15, -0.1) is 13.2 Å². The molecule has 1 heterocycles. The van der Waals surface area contributed by atoms with Gasteiger partial charge in [0.25, 0.3) is 0 Å². The molecule has 0 bridgehead atoms. The fraction of sp³-hybridized carbons (Fsp3) is 0.727. The molecule has 29 heavy (non-hydrogen) atoms. The zero-order valence-corrected chi connectivity index (χ0v) is 17.4. The maximum atomic E-state index is 12.7. The molecule has 2 atom stereocenters. The van der Waals surface area contributed by atoms with Crippen molar-refractivity contribution in [1.29, 1.82) is 0 Å². The number of hydrogen-bond donors (Lipinski definition) is 1. The number of benzene rings is 1. The van der Waals surface area contributed by atoms with Crippen LogP contribution in [0.3, 0.4) is 0 Å². The third kappa shape index (κ3) is 5.86. The van der Waals surface area contributed by atoms with Crippen molar-refractivity contribution in [2.45, 2.75) is 69.4 Å². The van der Waals surface area contributed by atoms with Crippen LogP contribution >= 0.6 is 0 Å². The van der Waals surface area contributed by atoms with Crippen LogP contribution in [0.2, 0.25) is 0 Å². The lowest BCUT2D eigenvalue weighted by atomic mass is 9.72. The summed E-state index contributed by atoms with van der Waals surface area (Å²) in [5, 5.41) is 11.5. The van der Waals surface area contributed by atoms with E-state index in [0.29, 0.717) is 25.4 Å². The SMILES string of the molecule is CC[C@@H]1CN(CC(c2cccc(OC(F)(F)F)c2)C2(O)CCCCC2)CCN1C. The van der Waals surface area contributed by atoms with Gasteiger partial charge in [-0.05, 0) is 44.0 Å². The third-order valence-electron chi connectivity index (χ3n) is 6.64. The fourth-order valence-corrected chi connectivity index (χ4v) is 4.90. The Morgan fingerprint density at radius 1 is 1.21 bits per heavy atom. The summed E-state index contributed by atoms with van der Waals surface area (Å²) >= 11 is 0. The lowest BCUT2D eigenvalue weighted by molar-refractivity contribution is -0.274. The van der Waals surface area contributed by atoms with Gasteiger partial charge >= 0.3 is 6.36 Å². The number of piperazine rings is 1. The largest absolute Gasteiger partial charge is 0.573 e. The first kappa shape index (κ1) is 22.4. The van der Waals surface area contributed by atoms with Crippen LogP contribution in [-0.2, 0) is 0 Å². The Labute approximate surface area is 171 Å². The number of nitrogens with zero attached hydrogens (tertiary/aromatic N) is 2. The van der Waals surface area contributed by atoms with Gasteiger partial charge in [0.1, 0.15) is 5.75 Å². The number of aliphatic hydroxyl groups is 1. The van der Waals surface area contributed by atoms with Crippen LogP contribution in [0.25, 0.3) is 0 Å². The lowest BCUT2D eigenvalue weighted by Gasteiger charge is -2.45. The van der Waals surface area contributed by atoms with Crippen molar-refractivity contribution >= 4 is 0 Å². The van der Waals surface area contributed by atoms with Crippen molar-refractivity contribution in [1.82, 2.24) is 9.80 Å². The molecule has 164 valence electrons. The van der Waals surface area contributed by atoms with E-state index in [2.05, 4.69) is 28.5 Å². The normalized spacial score (nSPS) is 25.0. The van der Waals surface area contributed by atoms with Gasteiger partial charge in [-0.25, -0.2) is 0 Å². The van der Waals surface area contributed by atoms with Crippen LogP contribution in [0.15, 0.2) is 24.3 Å². The first-order chi connectivity index (χ1) is 13.7. The molecule has 1 saturated carbocycles. The summed E-state index contributed by atoms with van der Waals surface area (Å²) in [5.41, 5.74) is -0.164. The topological polar surface area (TPSA) is 35.9 Å². The predicted octanol–water partition coefficient (Wildman–Crippen LogP) is 4.39. The van der Waals surface area contributed by atoms with E-state index in [9.17, 15) is 18.3 Å². The van der Waals surface area contributed by atoms with Gasteiger partial charge in [0, 0.05) is 38.1 Å². The molecule has 1 aliphatic heterocycles. The summed E-state index contributed by atoms with van der Waals surface area (Å²) < 4.78 is 42.3. The smallest absolute Gasteiger partial charge is 0.406 e. The van der Waals surface area contributed by atoms with Crippen molar-refractivity contribution in [2.24, 2.45) is 0 Å². The monoisotopic (exact) mass is 414 g/mol. The summed E-state index contributed by atoms with van der Waals surface area (Å²) in [5.74, 6) is -0.454. The minimum Gasteiger partial charge on any atom is -0.406 e. The van der Waals surface area contributed by atoms with Crippen molar-refractivity contribution in [3.63, 3.8) is 0 Å². The number of halogens is 3. The Hall–Kier alpha value is -1.31. The van der Waals surface area contributed by atoms with Crippen molar-refractivity contribution in [3.05, 3.63) is 29.8 Å². The average Bonchev–Trinajstić information content (AvgIpc) is 2.66. The highest BCUT2D eigenvalue weighted by Gasteiger charge is 2.41. The molecular weight excluding hydrogens is 381 g/mol.